The topological polar surface area (TPSA) is 63.9 Å². The molecule has 6 nitrogen and oxygen atoms in total. The lowest BCUT2D eigenvalue weighted by Gasteiger charge is -2.32. The fourth-order valence-corrected chi connectivity index (χ4v) is 4.22. The lowest BCUT2D eigenvalue weighted by Crippen LogP contribution is -2.40. The lowest BCUT2D eigenvalue weighted by molar-refractivity contribution is 0.0680. The molecule has 1 amide bonds. The van der Waals surface area contributed by atoms with Crippen molar-refractivity contribution in [2.75, 3.05) is 6.54 Å². The number of hydrogen-bond donors (Lipinski definition) is 0. The summed E-state index contributed by atoms with van der Waals surface area (Å²) in [6, 6.07) is 5.94. The highest BCUT2D eigenvalue weighted by atomic mass is 32.1. The van der Waals surface area contributed by atoms with Crippen LogP contribution in [0.1, 0.15) is 53.7 Å². The Kier molecular flexibility index (Phi) is 3.00. The Labute approximate surface area is 143 Å². The number of fused-ring (bicyclic) bond motifs is 2. The molecule has 0 unspecified atom stereocenters. The minimum atomic E-state index is 0.0550. The van der Waals surface area contributed by atoms with Crippen LogP contribution in [0.5, 0.6) is 0 Å². The molecule has 0 spiro atoms. The van der Waals surface area contributed by atoms with Gasteiger partial charge in [-0.3, -0.25) is 4.79 Å². The summed E-state index contributed by atoms with van der Waals surface area (Å²) in [4.78, 5) is 19.1. The van der Waals surface area contributed by atoms with Crippen molar-refractivity contribution in [2.24, 2.45) is 0 Å². The summed E-state index contributed by atoms with van der Waals surface area (Å²) in [6.07, 6.45) is 2.42. The van der Waals surface area contributed by atoms with Crippen molar-refractivity contribution in [1.29, 1.82) is 0 Å². The first kappa shape index (κ1) is 14.1. The summed E-state index contributed by atoms with van der Waals surface area (Å²) in [5.41, 5.74) is 3.47. The van der Waals surface area contributed by atoms with Gasteiger partial charge < -0.3 is 9.47 Å². The van der Waals surface area contributed by atoms with E-state index in [1.54, 1.807) is 11.3 Å². The van der Waals surface area contributed by atoms with Gasteiger partial charge in [0.05, 0.1) is 28.3 Å². The number of thiazole rings is 1. The third-order valence-corrected chi connectivity index (χ3v) is 5.65. The van der Waals surface area contributed by atoms with E-state index in [-0.39, 0.29) is 11.9 Å². The molecular formula is C17H17N5OS. The molecule has 1 atom stereocenters. The molecule has 1 fully saturated rings. The molecule has 0 bridgehead atoms. The molecule has 5 rings (SSSR count). The third kappa shape index (κ3) is 2.15. The maximum absolute atomic E-state index is 12.9. The van der Waals surface area contributed by atoms with Crippen LogP contribution >= 0.6 is 11.3 Å². The number of benzene rings is 1. The first-order valence-corrected chi connectivity index (χ1v) is 9.15. The SMILES string of the molecule is C[C@H]1CN(C(=O)c2ccc3ncsc3c2)Cc2nnc(C3CC3)n21. The van der Waals surface area contributed by atoms with Crippen molar-refractivity contribution in [2.45, 2.75) is 38.3 Å². The van der Waals surface area contributed by atoms with Gasteiger partial charge in [-0.05, 0) is 38.0 Å². The second-order valence-corrected chi connectivity index (χ2v) is 7.57. The summed E-state index contributed by atoms with van der Waals surface area (Å²) in [5, 5.41) is 8.73. The van der Waals surface area contributed by atoms with Crippen LogP contribution in [0.2, 0.25) is 0 Å². The van der Waals surface area contributed by atoms with Crippen LogP contribution < -0.4 is 0 Å². The molecule has 7 heteroatoms. The highest BCUT2D eigenvalue weighted by Crippen LogP contribution is 2.41. The van der Waals surface area contributed by atoms with Crippen molar-refractivity contribution in [3.8, 4) is 0 Å². The van der Waals surface area contributed by atoms with Crippen LogP contribution in [-0.4, -0.2) is 37.1 Å². The van der Waals surface area contributed by atoms with Crippen molar-refractivity contribution in [3.05, 3.63) is 40.9 Å². The zero-order valence-electron chi connectivity index (χ0n) is 13.3. The van der Waals surface area contributed by atoms with Crippen LogP contribution in [0.15, 0.2) is 23.7 Å². The van der Waals surface area contributed by atoms with E-state index in [1.807, 2.05) is 28.6 Å². The highest BCUT2D eigenvalue weighted by molar-refractivity contribution is 7.16. The predicted octanol–water partition coefficient (Wildman–Crippen LogP) is 2.98. The molecule has 1 aliphatic heterocycles. The molecule has 1 aromatic carbocycles. The van der Waals surface area contributed by atoms with Gasteiger partial charge in [-0.1, -0.05) is 0 Å². The molecule has 2 aromatic heterocycles. The van der Waals surface area contributed by atoms with E-state index >= 15 is 0 Å². The zero-order chi connectivity index (χ0) is 16.3. The van der Waals surface area contributed by atoms with Crippen LogP contribution in [0.4, 0.5) is 0 Å². The minimum Gasteiger partial charge on any atom is -0.329 e. The number of nitrogens with zero attached hydrogens (tertiary/aromatic N) is 5. The Morgan fingerprint density at radius 2 is 2.17 bits per heavy atom. The van der Waals surface area contributed by atoms with Gasteiger partial charge in [-0.2, -0.15) is 0 Å². The zero-order valence-corrected chi connectivity index (χ0v) is 14.2. The van der Waals surface area contributed by atoms with Gasteiger partial charge in [0.1, 0.15) is 5.82 Å². The Hall–Kier alpha value is -2.28. The molecule has 1 aliphatic carbocycles. The van der Waals surface area contributed by atoms with Crippen LogP contribution in [-0.2, 0) is 6.54 Å². The average Bonchev–Trinajstić information content (AvgIpc) is 3.17. The van der Waals surface area contributed by atoms with E-state index < -0.39 is 0 Å². The van der Waals surface area contributed by atoms with Gasteiger partial charge >= 0.3 is 0 Å². The number of hydrogen-bond acceptors (Lipinski definition) is 5. The number of carbonyl (C=O) groups is 1. The first-order chi connectivity index (χ1) is 11.7. The molecule has 0 N–H and O–H groups in total. The Morgan fingerprint density at radius 1 is 1.29 bits per heavy atom. The van der Waals surface area contributed by atoms with Crippen molar-refractivity contribution in [3.63, 3.8) is 0 Å². The molecule has 24 heavy (non-hydrogen) atoms. The molecule has 2 aliphatic rings. The normalized spacial score (nSPS) is 20.4. The fourth-order valence-electron chi connectivity index (χ4n) is 3.51. The highest BCUT2D eigenvalue weighted by Gasteiger charge is 2.35. The molecule has 3 aromatic rings. The van der Waals surface area contributed by atoms with Crippen molar-refractivity contribution >= 4 is 27.5 Å². The molecule has 1 saturated carbocycles. The van der Waals surface area contributed by atoms with Gasteiger partial charge in [0.2, 0.25) is 0 Å². The second kappa shape index (κ2) is 5.11. The molecule has 3 heterocycles. The Bertz CT molecular complexity index is 942. The summed E-state index contributed by atoms with van der Waals surface area (Å²) < 4.78 is 3.29. The second-order valence-electron chi connectivity index (χ2n) is 6.69. The number of aromatic nitrogens is 4. The average molecular weight is 339 g/mol. The molecule has 122 valence electrons. The Balaban J connectivity index is 1.45. The van der Waals surface area contributed by atoms with E-state index in [2.05, 4.69) is 26.7 Å². The van der Waals surface area contributed by atoms with E-state index in [4.69, 9.17) is 0 Å². The standard InChI is InChI=1S/C17H17N5OS/c1-10-7-21(8-15-19-20-16(22(10)15)11-2-3-11)17(23)12-4-5-13-14(6-12)24-9-18-13/h4-6,9-11H,2-3,7-8H2,1H3/t10-/m0/s1. The smallest absolute Gasteiger partial charge is 0.254 e. The van der Waals surface area contributed by atoms with Crippen LogP contribution in [0.3, 0.4) is 0 Å². The maximum atomic E-state index is 12.9. The summed E-state index contributed by atoms with van der Waals surface area (Å²) in [7, 11) is 0. The minimum absolute atomic E-state index is 0.0550. The summed E-state index contributed by atoms with van der Waals surface area (Å²) in [6.45, 7) is 3.37. The van der Waals surface area contributed by atoms with Crippen LogP contribution in [0.25, 0.3) is 10.2 Å². The van der Waals surface area contributed by atoms with Crippen LogP contribution in [0, 0.1) is 0 Å². The van der Waals surface area contributed by atoms with Gasteiger partial charge in [0.25, 0.3) is 5.91 Å². The Morgan fingerprint density at radius 3 is 3.00 bits per heavy atom. The van der Waals surface area contributed by atoms with E-state index in [0.29, 0.717) is 24.6 Å². The quantitative estimate of drug-likeness (QED) is 0.720. The van der Waals surface area contributed by atoms with Crippen molar-refractivity contribution in [1.82, 2.24) is 24.6 Å². The molecule has 0 saturated heterocycles. The number of rotatable bonds is 2. The lowest BCUT2D eigenvalue weighted by atomic mass is 10.1. The third-order valence-electron chi connectivity index (χ3n) is 4.86. The largest absolute Gasteiger partial charge is 0.329 e. The predicted molar refractivity (Wildman–Crippen MR) is 91.1 cm³/mol. The van der Waals surface area contributed by atoms with E-state index in [9.17, 15) is 4.79 Å². The number of carbonyl (C=O) groups excluding carboxylic acids is 1. The molecular weight excluding hydrogens is 322 g/mol. The van der Waals surface area contributed by atoms with Crippen molar-refractivity contribution < 1.29 is 4.79 Å². The first-order valence-electron chi connectivity index (χ1n) is 8.27. The molecule has 0 radical (unpaired) electrons. The number of amides is 1. The van der Waals surface area contributed by atoms with E-state index in [1.165, 1.54) is 12.8 Å². The van der Waals surface area contributed by atoms with Gasteiger partial charge in [0, 0.05) is 18.0 Å². The van der Waals surface area contributed by atoms with Gasteiger partial charge in [-0.25, -0.2) is 4.98 Å². The van der Waals surface area contributed by atoms with Gasteiger partial charge in [0.15, 0.2) is 5.82 Å². The summed E-state index contributed by atoms with van der Waals surface area (Å²) >= 11 is 1.56. The fraction of sp³-hybridized carbons (Fsp3) is 0.412. The monoisotopic (exact) mass is 339 g/mol. The van der Waals surface area contributed by atoms with Gasteiger partial charge in [-0.15, -0.1) is 21.5 Å². The van der Waals surface area contributed by atoms with E-state index in [0.717, 1.165) is 21.9 Å². The summed E-state index contributed by atoms with van der Waals surface area (Å²) in [5.74, 6) is 2.64. The maximum Gasteiger partial charge on any atom is 0.254 e.